The van der Waals surface area contributed by atoms with E-state index in [1.165, 1.54) is 4.90 Å². The Labute approximate surface area is 130 Å². The Morgan fingerprint density at radius 2 is 1.91 bits per heavy atom. The molecule has 2 N–H and O–H groups in total. The number of hydrogen-bond acceptors (Lipinski definition) is 4. The highest BCUT2D eigenvalue weighted by Crippen LogP contribution is 2.34. The van der Waals surface area contributed by atoms with Gasteiger partial charge in [-0.25, -0.2) is 4.79 Å². The molecule has 0 aromatic rings. The average Bonchev–Trinajstić information content (AvgIpc) is 2.97. The summed E-state index contributed by atoms with van der Waals surface area (Å²) in [5.74, 6) is 0.00146. The number of carbonyl (C=O) groups is 3. The van der Waals surface area contributed by atoms with Crippen molar-refractivity contribution in [3.05, 3.63) is 0 Å². The van der Waals surface area contributed by atoms with Crippen molar-refractivity contribution < 1.29 is 14.4 Å². The minimum atomic E-state index is -0.626. The molecular formula is C15H24N4O3. The third-order valence-corrected chi connectivity index (χ3v) is 5.14. The van der Waals surface area contributed by atoms with Crippen LogP contribution in [0.15, 0.2) is 0 Å². The number of rotatable bonds is 3. The lowest BCUT2D eigenvalue weighted by atomic mass is 9.98. The van der Waals surface area contributed by atoms with Crippen LogP contribution in [0.4, 0.5) is 4.79 Å². The van der Waals surface area contributed by atoms with E-state index in [1.807, 2.05) is 6.92 Å². The Morgan fingerprint density at radius 3 is 2.64 bits per heavy atom. The maximum absolute atomic E-state index is 12.6. The van der Waals surface area contributed by atoms with Gasteiger partial charge in [-0.05, 0) is 19.8 Å². The molecule has 3 fully saturated rings. The first kappa shape index (κ1) is 15.3. The molecule has 3 aliphatic rings. The van der Waals surface area contributed by atoms with Crippen molar-refractivity contribution in [1.82, 2.24) is 20.4 Å². The number of imide groups is 1. The normalized spacial score (nSPS) is 28.9. The van der Waals surface area contributed by atoms with Crippen molar-refractivity contribution in [2.75, 3.05) is 26.2 Å². The number of nitrogens with zero attached hydrogens (tertiary/aromatic N) is 2. The van der Waals surface area contributed by atoms with E-state index in [0.29, 0.717) is 26.1 Å². The molecule has 0 radical (unpaired) electrons. The van der Waals surface area contributed by atoms with E-state index in [2.05, 4.69) is 15.5 Å². The van der Waals surface area contributed by atoms with Crippen LogP contribution in [0.1, 0.15) is 39.0 Å². The molecule has 0 bridgehead atoms. The molecule has 1 spiro atoms. The van der Waals surface area contributed by atoms with Gasteiger partial charge < -0.3 is 10.6 Å². The van der Waals surface area contributed by atoms with Crippen molar-refractivity contribution in [1.29, 1.82) is 0 Å². The predicted molar refractivity (Wildman–Crippen MR) is 80.1 cm³/mol. The zero-order valence-electron chi connectivity index (χ0n) is 13.1. The van der Waals surface area contributed by atoms with Crippen LogP contribution in [-0.2, 0) is 9.59 Å². The van der Waals surface area contributed by atoms with E-state index >= 15 is 0 Å². The zero-order chi connectivity index (χ0) is 15.7. The van der Waals surface area contributed by atoms with Crippen LogP contribution in [0.3, 0.4) is 0 Å². The summed E-state index contributed by atoms with van der Waals surface area (Å²) in [6.07, 6.45) is 3.97. The Balaban J connectivity index is 1.60. The molecule has 2 aliphatic heterocycles. The molecule has 3 rings (SSSR count). The maximum atomic E-state index is 12.6. The topological polar surface area (TPSA) is 81.8 Å². The molecule has 0 aromatic heterocycles. The lowest BCUT2D eigenvalue weighted by Gasteiger charge is -2.27. The van der Waals surface area contributed by atoms with E-state index in [9.17, 15) is 14.4 Å². The summed E-state index contributed by atoms with van der Waals surface area (Å²) in [4.78, 5) is 39.7. The van der Waals surface area contributed by atoms with E-state index in [4.69, 9.17) is 0 Å². The minimum absolute atomic E-state index is 0.0633. The van der Waals surface area contributed by atoms with Gasteiger partial charge in [0.05, 0.1) is 0 Å². The third-order valence-electron chi connectivity index (χ3n) is 5.14. The van der Waals surface area contributed by atoms with Gasteiger partial charge in [-0.15, -0.1) is 0 Å². The van der Waals surface area contributed by atoms with Crippen LogP contribution < -0.4 is 10.6 Å². The molecule has 2 saturated heterocycles. The van der Waals surface area contributed by atoms with Gasteiger partial charge in [-0.1, -0.05) is 12.8 Å². The van der Waals surface area contributed by atoms with Crippen LogP contribution in [0.25, 0.3) is 0 Å². The van der Waals surface area contributed by atoms with Gasteiger partial charge in [0.25, 0.3) is 5.91 Å². The first-order valence-corrected chi connectivity index (χ1v) is 8.17. The molecule has 1 atom stereocenters. The number of hydrogen-bond donors (Lipinski definition) is 2. The second-order valence-electron chi connectivity index (χ2n) is 6.62. The standard InChI is InChI=1S/C15H24N4O3/c1-11-10-12(20)16-6-7-18(11)8-9-19-13(21)15(17-14(19)22)4-2-3-5-15/h11H,2-10H2,1H3,(H,16,20)(H,17,22). The summed E-state index contributed by atoms with van der Waals surface area (Å²) in [5, 5.41) is 5.75. The van der Waals surface area contributed by atoms with E-state index in [1.54, 1.807) is 0 Å². The summed E-state index contributed by atoms with van der Waals surface area (Å²) in [7, 11) is 0. The smallest absolute Gasteiger partial charge is 0.325 e. The molecule has 7 nitrogen and oxygen atoms in total. The van der Waals surface area contributed by atoms with Gasteiger partial charge in [0.15, 0.2) is 0 Å². The van der Waals surface area contributed by atoms with Gasteiger partial charge in [0, 0.05) is 38.6 Å². The summed E-state index contributed by atoms with van der Waals surface area (Å²) in [6, 6.07) is -0.132. The van der Waals surface area contributed by atoms with Crippen molar-refractivity contribution in [3.8, 4) is 0 Å². The second-order valence-corrected chi connectivity index (χ2v) is 6.62. The Kier molecular flexibility index (Phi) is 4.08. The van der Waals surface area contributed by atoms with E-state index < -0.39 is 5.54 Å². The number of amides is 4. The molecule has 1 saturated carbocycles. The number of urea groups is 1. The van der Waals surface area contributed by atoms with Gasteiger partial charge in [0.2, 0.25) is 5.91 Å². The van der Waals surface area contributed by atoms with E-state index in [0.717, 1.165) is 32.2 Å². The van der Waals surface area contributed by atoms with Gasteiger partial charge in [0.1, 0.15) is 5.54 Å². The highest BCUT2D eigenvalue weighted by molar-refractivity contribution is 6.07. The second kappa shape index (κ2) is 5.87. The number of nitrogens with one attached hydrogen (secondary N) is 2. The van der Waals surface area contributed by atoms with Crippen molar-refractivity contribution in [2.24, 2.45) is 0 Å². The molecule has 2 heterocycles. The number of carbonyl (C=O) groups excluding carboxylic acids is 3. The SMILES string of the molecule is CC1CC(=O)NCCN1CCN1C(=O)NC2(CCCC2)C1=O. The third kappa shape index (κ3) is 2.69. The van der Waals surface area contributed by atoms with Crippen molar-refractivity contribution in [2.45, 2.75) is 50.6 Å². The largest absolute Gasteiger partial charge is 0.355 e. The summed E-state index contributed by atoms with van der Waals surface area (Å²) in [6.45, 7) is 4.39. The van der Waals surface area contributed by atoms with Crippen LogP contribution >= 0.6 is 0 Å². The quantitative estimate of drug-likeness (QED) is 0.723. The Morgan fingerprint density at radius 1 is 1.18 bits per heavy atom. The van der Waals surface area contributed by atoms with Crippen LogP contribution in [0, 0.1) is 0 Å². The molecule has 0 aromatic carbocycles. The van der Waals surface area contributed by atoms with E-state index in [-0.39, 0.29) is 23.9 Å². The van der Waals surface area contributed by atoms with Gasteiger partial charge >= 0.3 is 6.03 Å². The molecule has 7 heteroatoms. The Bertz CT molecular complexity index is 487. The summed E-state index contributed by atoms with van der Waals surface area (Å²) < 4.78 is 0. The predicted octanol–water partition coefficient (Wildman–Crippen LogP) is 0.0614. The average molecular weight is 308 g/mol. The summed E-state index contributed by atoms with van der Waals surface area (Å²) in [5.41, 5.74) is -0.626. The first-order chi connectivity index (χ1) is 10.5. The lowest BCUT2D eigenvalue weighted by Crippen LogP contribution is -2.45. The fraction of sp³-hybridized carbons (Fsp3) is 0.800. The highest BCUT2D eigenvalue weighted by atomic mass is 16.2. The van der Waals surface area contributed by atoms with Gasteiger partial charge in [-0.2, -0.15) is 0 Å². The first-order valence-electron chi connectivity index (χ1n) is 8.17. The van der Waals surface area contributed by atoms with Gasteiger partial charge in [-0.3, -0.25) is 19.4 Å². The molecule has 1 unspecified atom stereocenters. The minimum Gasteiger partial charge on any atom is -0.355 e. The zero-order valence-corrected chi connectivity index (χ0v) is 13.1. The molecule has 122 valence electrons. The molecular weight excluding hydrogens is 284 g/mol. The van der Waals surface area contributed by atoms with Crippen LogP contribution in [0.5, 0.6) is 0 Å². The Hall–Kier alpha value is -1.63. The summed E-state index contributed by atoms with van der Waals surface area (Å²) >= 11 is 0. The lowest BCUT2D eigenvalue weighted by molar-refractivity contribution is -0.131. The molecule has 4 amide bonds. The molecule has 22 heavy (non-hydrogen) atoms. The van der Waals surface area contributed by atoms with Crippen molar-refractivity contribution >= 4 is 17.8 Å². The fourth-order valence-electron chi connectivity index (χ4n) is 3.79. The van der Waals surface area contributed by atoms with Crippen LogP contribution in [0.2, 0.25) is 0 Å². The van der Waals surface area contributed by atoms with Crippen LogP contribution in [-0.4, -0.2) is 65.4 Å². The monoisotopic (exact) mass is 308 g/mol. The fourth-order valence-corrected chi connectivity index (χ4v) is 3.79. The van der Waals surface area contributed by atoms with Crippen molar-refractivity contribution in [3.63, 3.8) is 0 Å². The molecule has 1 aliphatic carbocycles. The maximum Gasteiger partial charge on any atom is 0.325 e. The highest BCUT2D eigenvalue weighted by Gasteiger charge is 2.52.